The molecule has 1 unspecified atom stereocenters. The molecule has 0 aliphatic carbocycles. The summed E-state index contributed by atoms with van der Waals surface area (Å²) in [4.78, 5) is 20.9. The van der Waals surface area contributed by atoms with Gasteiger partial charge in [-0.3, -0.25) is 4.79 Å². The Labute approximate surface area is 139 Å². The summed E-state index contributed by atoms with van der Waals surface area (Å²) in [6, 6.07) is 14.4. The highest BCUT2D eigenvalue weighted by atomic mass is 16.5. The van der Waals surface area contributed by atoms with Gasteiger partial charge in [-0.25, -0.2) is 9.97 Å². The molecule has 2 aromatic carbocycles. The Hall–Kier alpha value is -3.15. The largest absolute Gasteiger partial charge is 0.497 e. The van der Waals surface area contributed by atoms with Crippen LogP contribution in [0.25, 0.3) is 10.9 Å². The van der Waals surface area contributed by atoms with E-state index in [0.717, 1.165) is 10.9 Å². The van der Waals surface area contributed by atoms with Gasteiger partial charge < -0.3 is 15.4 Å². The molecule has 1 heterocycles. The molecule has 0 aliphatic heterocycles. The Morgan fingerprint density at radius 1 is 1.12 bits per heavy atom. The fourth-order valence-electron chi connectivity index (χ4n) is 2.34. The van der Waals surface area contributed by atoms with Crippen molar-refractivity contribution in [3.63, 3.8) is 0 Å². The molecule has 0 fully saturated rings. The highest BCUT2D eigenvalue weighted by Crippen LogP contribution is 2.20. The molecule has 1 aromatic heterocycles. The first-order chi connectivity index (χ1) is 11.7. The van der Waals surface area contributed by atoms with Crippen molar-refractivity contribution in [2.45, 2.75) is 13.0 Å². The van der Waals surface area contributed by atoms with E-state index in [1.54, 1.807) is 20.1 Å². The zero-order chi connectivity index (χ0) is 16.9. The summed E-state index contributed by atoms with van der Waals surface area (Å²) >= 11 is 0. The average Bonchev–Trinajstić information content (AvgIpc) is 2.62. The van der Waals surface area contributed by atoms with Crippen LogP contribution >= 0.6 is 0 Å². The lowest BCUT2D eigenvalue weighted by atomic mass is 10.2. The maximum Gasteiger partial charge on any atom is 0.246 e. The standard InChI is InChI=1S/C18H18N4O2/c1-12(18(23)22-13-6-5-7-14(10-13)24-2)21-17-15-8-3-4-9-16(15)19-11-20-17/h3-12H,1-2H3,(H,22,23)(H,19,20,21). The number of para-hydroxylation sites is 1. The van der Waals surface area contributed by atoms with E-state index in [1.807, 2.05) is 42.5 Å². The minimum Gasteiger partial charge on any atom is -0.497 e. The van der Waals surface area contributed by atoms with E-state index in [1.165, 1.54) is 6.33 Å². The first-order valence-corrected chi connectivity index (χ1v) is 7.58. The van der Waals surface area contributed by atoms with Crippen LogP contribution in [-0.4, -0.2) is 29.0 Å². The van der Waals surface area contributed by atoms with Crippen molar-refractivity contribution in [3.8, 4) is 5.75 Å². The van der Waals surface area contributed by atoms with Crippen LogP contribution in [0.3, 0.4) is 0 Å². The number of nitrogens with one attached hydrogen (secondary N) is 2. The molecule has 0 bridgehead atoms. The van der Waals surface area contributed by atoms with Crippen molar-refractivity contribution in [2.75, 3.05) is 17.7 Å². The van der Waals surface area contributed by atoms with Crippen LogP contribution in [0.5, 0.6) is 5.75 Å². The molecule has 2 N–H and O–H groups in total. The van der Waals surface area contributed by atoms with Crippen molar-refractivity contribution in [1.29, 1.82) is 0 Å². The molecule has 6 heteroatoms. The molecule has 6 nitrogen and oxygen atoms in total. The van der Waals surface area contributed by atoms with E-state index in [4.69, 9.17) is 4.74 Å². The predicted octanol–water partition coefficient (Wildman–Crippen LogP) is 3.08. The first kappa shape index (κ1) is 15.7. The van der Waals surface area contributed by atoms with E-state index in [0.29, 0.717) is 17.3 Å². The third kappa shape index (κ3) is 3.43. The smallest absolute Gasteiger partial charge is 0.246 e. The zero-order valence-electron chi connectivity index (χ0n) is 13.5. The summed E-state index contributed by atoms with van der Waals surface area (Å²) in [5.74, 6) is 1.16. The second-order valence-corrected chi connectivity index (χ2v) is 5.33. The summed E-state index contributed by atoms with van der Waals surface area (Å²) in [7, 11) is 1.59. The maximum atomic E-state index is 12.4. The number of aromatic nitrogens is 2. The molecule has 24 heavy (non-hydrogen) atoms. The van der Waals surface area contributed by atoms with E-state index in [2.05, 4.69) is 20.6 Å². The van der Waals surface area contributed by atoms with E-state index >= 15 is 0 Å². The van der Waals surface area contributed by atoms with E-state index in [-0.39, 0.29) is 5.91 Å². The Balaban J connectivity index is 1.73. The van der Waals surface area contributed by atoms with Gasteiger partial charge in [-0.15, -0.1) is 0 Å². The average molecular weight is 322 g/mol. The molecule has 0 radical (unpaired) electrons. The van der Waals surface area contributed by atoms with Crippen LogP contribution < -0.4 is 15.4 Å². The molecule has 1 atom stereocenters. The van der Waals surface area contributed by atoms with Gasteiger partial charge in [-0.05, 0) is 31.2 Å². The lowest BCUT2D eigenvalue weighted by molar-refractivity contribution is -0.116. The molecule has 0 saturated heterocycles. The topological polar surface area (TPSA) is 76.1 Å². The predicted molar refractivity (Wildman–Crippen MR) is 94.2 cm³/mol. The normalized spacial score (nSPS) is 11.8. The number of benzene rings is 2. The minimum atomic E-state index is -0.463. The van der Waals surface area contributed by atoms with Crippen molar-refractivity contribution in [1.82, 2.24) is 9.97 Å². The molecule has 3 rings (SSSR count). The van der Waals surface area contributed by atoms with Gasteiger partial charge in [0, 0.05) is 17.1 Å². The van der Waals surface area contributed by atoms with Crippen molar-refractivity contribution < 1.29 is 9.53 Å². The van der Waals surface area contributed by atoms with Gasteiger partial charge >= 0.3 is 0 Å². The minimum absolute atomic E-state index is 0.161. The third-order valence-corrected chi connectivity index (χ3v) is 3.63. The summed E-state index contributed by atoms with van der Waals surface area (Å²) < 4.78 is 5.16. The number of carbonyl (C=O) groups is 1. The first-order valence-electron chi connectivity index (χ1n) is 7.58. The fraction of sp³-hybridized carbons (Fsp3) is 0.167. The number of rotatable bonds is 5. The number of amides is 1. The SMILES string of the molecule is COc1cccc(NC(=O)C(C)Nc2ncnc3ccccc23)c1. The van der Waals surface area contributed by atoms with Crippen LogP contribution in [0, 0.1) is 0 Å². The van der Waals surface area contributed by atoms with Crippen LogP contribution in [0.1, 0.15) is 6.92 Å². The molecule has 0 spiro atoms. The lowest BCUT2D eigenvalue weighted by Gasteiger charge is -2.16. The number of ether oxygens (including phenoxy) is 1. The summed E-state index contributed by atoms with van der Waals surface area (Å²) in [6.45, 7) is 1.78. The molecule has 3 aromatic rings. The number of hydrogen-bond donors (Lipinski definition) is 2. The summed E-state index contributed by atoms with van der Waals surface area (Å²) in [5.41, 5.74) is 1.51. The molecule has 0 aliphatic rings. The molecule has 1 amide bonds. The maximum absolute atomic E-state index is 12.4. The second-order valence-electron chi connectivity index (χ2n) is 5.33. The number of nitrogens with zero attached hydrogens (tertiary/aromatic N) is 2. The monoisotopic (exact) mass is 322 g/mol. The summed E-state index contributed by atoms with van der Waals surface area (Å²) in [5, 5.41) is 6.87. The van der Waals surface area contributed by atoms with Crippen LogP contribution in [0.2, 0.25) is 0 Å². The molecule has 122 valence electrons. The fourth-order valence-corrected chi connectivity index (χ4v) is 2.34. The van der Waals surface area contributed by atoms with Crippen LogP contribution in [0.15, 0.2) is 54.9 Å². The van der Waals surface area contributed by atoms with E-state index in [9.17, 15) is 4.79 Å². The van der Waals surface area contributed by atoms with Gasteiger partial charge in [0.15, 0.2) is 0 Å². The quantitative estimate of drug-likeness (QED) is 0.755. The summed E-state index contributed by atoms with van der Waals surface area (Å²) in [6.07, 6.45) is 1.48. The van der Waals surface area contributed by atoms with Gasteiger partial charge in [0.05, 0.1) is 12.6 Å². The Morgan fingerprint density at radius 2 is 1.96 bits per heavy atom. The number of methoxy groups -OCH3 is 1. The second kappa shape index (κ2) is 6.95. The van der Waals surface area contributed by atoms with Gasteiger partial charge in [0.25, 0.3) is 0 Å². The lowest BCUT2D eigenvalue weighted by Crippen LogP contribution is -2.32. The van der Waals surface area contributed by atoms with Crippen LogP contribution in [-0.2, 0) is 4.79 Å². The zero-order valence-corrected chi connectivity index (χ0v) is 13.5. The number of hydrogen-bond acceptors (Lipinski definition) is 5. The number of anilines is 2. The van der Waals surface area contributed by atoms with Crippen molar-refractivity contribution in [3.05, 3.63) is 54.9 Å². The Kier molecular flexibility index (Phi) is 4.56. The third-order valence-electron chi connectivity index (χ3n) is 3.63. The Morgan fingerprint density at radius 3 is 2.79 bits per heavy atom. The number of carbonyl (C=O) groups excluding carboxylic acids is 1. The molecule has 0 saturated carbocycles. The van der Waals surface area contributed by atoms with Gasteiger partial charge in [-0.1, -0.05) is 18.2 Å². The molecular weight excluding hydrogens is 304 g/mol. The van der Waals surface area contributed by atoms with Gasteiger partial charge in [0.1, 0.15) is 23.9 Å². The highest BCUT2D eigenvalue weighted by Gasteiger charge is 2.15. The van der Waals surface area contributed by atoms with Crippen molar-refractivity contribution in [2.24, 2.45) is 0 Å². The van der Waals surface area contributed by atoms with Crippen LogP contribution in [0.4, 0.5) is 11.5 Å². The molecular formula is C18H18N4O2. The Bertz CT molecular complexity index is 861. The van der Waals surface area contributed by atoms with Gasteiger partial charge in [0.2, 0.25) is 5.91 Å². The van der Waals surface area contributed by atoms with E-state index < -0.39 is 6.04 Å². The van der Waals surface area contributed by atoms with Gasteiger partial charge in [-0.2, -0.15) is 0 Å². The van der Waals surface area contributed by atoms with Crippen molar-refractivity contribution >= 4 is 28.3 Å². The highest BCUT2D eigenvalue weighted by molar-refractivity contribution is 5.98. The number of fused-ring (bicyclic) bond motifs is 1.